The largest absolute Gasteiger partial charge is 0.324 e. The molecule has 0 rings (SSSR count). The van der Waals surface area contributed by atoms with E-state index in [2.05, 4.69) is 20.8 Å². The van der Waals surface area contributed by atoms with Gasteiger partial charge in [0.15, 0.2) is 0 Å². The molecule has 0 N–H and O–H groups in total. The van der Waals surface area contributed by atoms with Gasteiger partial charge in [-0.3, -0.25) is 0 Å². The van der Waals surface area contributed by atoms with Crippen LogP contribution < -0.4 is 0 Å². The zero-order valence-electron chi connectivity index (χ0n) is 14.5. The van der Waals surface area contributed by atoms with E-state index in [0.29, 0.717) is 0 Å². The first-order chi connectivity index (χ1) is 9.68. The molecule has 0 atom stereocenters. The van der Waals surface area contributed by atoms with E-state index in [4.69, 9.17) is 0 Å². The third kappa shape index (κ3) is 12.0. The summed E-state index contributed by atoms with van der Waals surface area (Å²) in [4.78, 5) is 0. The van der Waals surface area contributed by atoms with E-state index in [1.54, 1.807) is 0 Å². The maximum Gasteiger partial charge on any atom is 0.0877 e. The fraction of sp³-hybridized carbons (Fsp3) is 1.00. The summed E-state index contributed by atoms with van der Waals surface area (Å²) < 4.78 is 13.1. The summed E-state index contributed by atoms with van der Waals surface area (Å²) in [5.41, 5.74) is 0. The first kappa shape index (κ1) is 20.2. The minimum absolute atomic E-state index is 1.03. The summed E-state index contributed by atoms with van der Waals surface area (Å²) in [7, 11) is -1.83. The summed E-state index contributed by atoms with van der Waals surface area (Å²) in [6.45, 7) is 6.72. The molecule has 0 amide bonds. The predicted octanol–water partition coefficient (Wildman–Crippen LogP) is 7.09. The van der Waals surface area contributed by atoms with Gasteiger partial charge in [-0.25, -0.2) is 0 Å². The fourth-order valence-corrected chi connectivity index (χ4v) is 5.89. The Hall–Kier alpha value is 0.230. The van der Waals surface area contributed by atoms with Crippen LogP contribution in [0.15, 0.2) is 0 Å². The maximum atomic E-state index is 13.1. The number of hydrogen-bond acceptors (Lipinski definition) is 1. The molecular formula is C18H39OP. The average Bonchev–Trinajstić information content (AvgIpc) is 2.43. The number of rotatable bonds is 15. The third-order valence-corrected chi connectivity index (χ3v) is 7.65. The van der Waals surface area contributed by atoms with E-state index in [-0.39, 0.29) is 0 Å². The number of hydrogen-bond donors (Lipinski definition) is 0. The van der Waals surface area contributed by atoms with Crippen molar-refractivity contribution in [2.45, 2.75) is 97.8 Å². The Kier molecular flexibility index (Phi) is 14.3. The van der Waals surface area contributed by atoms with Crippen LogP contribution in [-0.2, 0) is 4.57 Å². The molecular weight excluding hydrogens is 263 g/mol. The van der Waals surface area contributed by atoms with Crippen LogP contribution in [0.4, 0.5) is 0 Å². The van der Waals surface area contributed by atoms with E-state index in [9.17, 15) is 4.57 Å². The van der Waals surface area contributed by atoms with Gasteiger partial charge in [0.25, 0.3) is 0 Å². The second-order valence-electron chi connectivity index (χ2n) is 6.41. The molecule has 0 spiro atoms. The minimum Gasteiger partial charge on any atom is -0.324 e. The normalized spacial score (nSPS) is 11.9. The van der Waals surface area contributed by atoms with E-state index in [0.717, 1.165) is 18.5 Å². The van der Waals surface area contributed by atoms with Crippen LogP contribution in [0.3, 0.4) is 0 Å². The van der Waals surface area contributed by atoms with Crippen molar-refractivity contribution >= 4 is 7.14 Å². The molecule has 20 heavy (non-hydrogen) atoms. The lowest BCUT2D eigenvalue weighted by molar-refractivity contribution is 0.561. The Balaban J connectivity index is 3.93. The van der Waals surface area contributed by atoms with Crippen molar-refractivity contribution in [2.75, 3.05) is 18.5 Å². The van der Waals surface area contributed by atoms with Gasteiger partial charge in [-0.2, -0.15) is 0 Å². The molecule has 0 aromatic rings. The topological polar surface area (TPSA) is 17.1 Å². The van der Waals surface area contributed by atoms with Crippen LogP contribution in [0.1, 0.15) is 97.8 Å². The Bertz CT molecular complexity index is 224. The summed E-state index contributed by atoms with van der Waals surface area (Å²) in [6, 6.07) is 0. The molecule has 0 aromatic heterocycles. The molecule has 0 saturated heterocycles. The van der Waals surface area contributed by atoms with Gasteiger partial charge >= 0.3 is 0 Å². The van der Waals surface area contributed by atoms with Gasteiger partial charge in [0.2, 0.25) is 0 Å². The van der Waals surface area contributed by atoms with Crippen LogP contribution in [-0.4, -0.2) is 18.5 Å². The molecule has 0 saturated carbocycles. The molecule has 0 aliphatic carbocycles. The average molecular weight is 302 g/mol. The van der Waals surface area contributed by atoms with Crippen molar-refractivity contribution in [3.8, 4) is 0 Å². The minimum atomic E-state index is -1.83. The van der Waals surface area contributed by atoms with Crippen LogP contribution in [0.2, 0.25) is 0 Å². The second kappa shape index (κ2) is 14.2. The molecule has 122 valence electrons. The highest BCUT2D eigenvalue weighted by Crippen LogP contribution is 2.48. The van der Waals surface area contributed by atoms with E-state index in [1.807, 2.05) is 0 Å². The highest BCUT2D eigenvalue weighted by Gasteiger charge is 2.20. The van der Waals surface area contributed by atoms with Crippen LogP contribution in [0.25, 0.3) is 0 Å². The van der Waals surface area contributed by atoms with Gasteiger partial charge < -0.3 is 4.57 Å². The summed E-state index contributed by atoms with van der Waals surface area (Å²) in [5.74, 6) is 0. The Morgan fingerprint density at radius 1 is 0.500 bits per heavy atom. The summed E-state index contributed by atoms with van der Waals surface area (Å²) in [5, 5.41) is 0. The number of unbranched alkanes of at least 4 members (excludes halogenated alkanes) is 9. The van der Waals surface area contributed by atoms with Gasteiger partial charge in [0.1, 0.15) is 0 Å². The lowest BCUT2D eigenvalue weighted by atomic mass is 10.1. The van der Waals surface area contributed by atoms with Crippen LogP contribution >= 0.6 is 7.14 Å². The second-order valence-corrected chi connectivity index (χ2v) is 9.87. The van der Waals surface area contributed by atoms with Gasteiger partial charge in [0, 0.05) is 18.5 Å². The smallest absolute Gasteiger partial charge is 0.0877 e. The monoisotopic (exact) mass is 302 g/mol. The SMILES string of the molecule is CCCCCCCCP(=O)(CCCCC)CCCCC. The molecule has 1 nitrogen and oxygen atoms in total. The Morgan fingerprint density at radius 3 is 1.25 bits per heavy atom. The molecule has 0 aliphatic heterocycles. The van der Waals surface area contributed by atoms with Crippen LogP contribution in [0, 0.1) is 0 Å². The van der Waals surface area contributed by atoms with Gasteiger partial charge in [-0.1, -0.05) is 78.6 Å². The highest BCUT2D eigenvalue weighted by atomic mass is 31.2. The Morgan fingerprint density at radius 2 is 0.800 bits per heavy atom. The van der Waals surface area contributed by atoms with Gasteiger partial charge in [0.05, 0.1) is 7.14 Å². The summed E-state index contributed by atoms with van der Waals surface area (Å²) in [6.07, 6.45) is 18.4. The van der Waals surface area contributed by atoms with Crippen molar-refractivity contribution in [3.63, 3.8) is 0 Å². The lowest BCUT2D eigenvalue weighted by Gasteiger charge is -2.18. The molecule has 0 aliphatic rings. The molecule has 0 aromatic carbocycles. The molecule has 0 fully saturated rings. The predicted molar refractivity (Wildman–Crippen MR) is 94.6 cm³/mol. The Labute approximate surface area is 128 Å². The zero-order valence-corrected chi connectivity index (χ0v) is 15.4. The molecule has 0 bridgehead atoms. The molecule has 0 radical (unpaired) electrons. The quantitative estimate of drug-likeness (QED) is 0.233. The van der Waals surface area contributed by atoms with Crippen LogP contribution in [0.5, 0.6) is 0 Å². The molecule has 0 heterocycles. The van der Waals surface area contributed by atoms with Gasteiger partial charge in [-0.15, -0.1) is 0 Å². The standard InChI is InChI=1S/C18H39OP/c1-4-7-10-11-12-15-18-20(19,16-13-8-5-2)17-14-9-6-3/h4-18H2,1-3H3. The fourth-order valence-electron chi connectivity index (χ4n) is 2.82. The van der Waals surface area contributed by atoms with Gasteiger partial charge in [-0.05, 0) is 19.3 Å². The summed E-state index contributed by atoms with van der Waals surface area (Å²) >= 11 is 0. The molecule has 0 unspecified atom stereocenters. The zero-order chi connectivity index (χ0) is 15.1. The maximum absolute atomic E-state index is 13.1. The van der Waals surface area contributed by atoms with E-state index >= 15 is 0 Å². The van der Waals surface area contributed by atoms with E-state index in [1.165, 1.54) is 77.0 Å². The highest BCUT2D eigenvalue weighted by molar-refractivity contribution is 7.63. The first-order valence-electron chi connectivity index (χ1n) is 9.25. The van der Waals surface area contributed by atoms with Crippen molar-refractivity contribution in [2.24, 2.45) is 0 Å². The first-order valence-corrected chi connectivity index (χ1v) is 11.5. The van der Waals surface area contributed by atoms with E-state index < -0.39 is 7.14 Å². The molecule has 2 heteroatoms. The van der Waals surface area contributed by atoms with Crippen molar-refractivity contribution in [1.29, 1.82) is 0 Å². The lowest BCUT2D eigenvalue weighted by Crippen LogP contribution is -2.01. The van der Waals surface area contributed by atoms with Crippen molar-refractivity contribution in [1.82, 2.24) is 0 Å². The van der Waals surface area contributed by atoms with Crippen molar-refractivity contribution < 1.29 is 4.57 Å². The van der Waals surface area contributed by atoms with Crippen molar-refractivity contribution in [3.05, 3.63) is 0 Å². The third-order valence-electron chi connectivity index (χ3n) is 4.26.